The molecule has 2 aromatic rings. The fraction of sp³-hybridized carbons (Fsp3) is 0.577. The van der Waals surface area contributed by atoms with Crippen LogP contribution in [-0.2, 0) is 0 Å². The average molecular weight is 498 g/mol. The number of aromatic nitrogens is 2. The molecule has 152 valence electrons. The molecule has 0 amide bonds. The number of allylic oxidation sites excluding steroid dienone is 4. The van der Waals surface area contributed by atoms with Crippen LogP contribution in [0.4, 0.5) is 0 Å². The fourth-order valence-electron chi connectivity index (χ4n) is 7.69. The van der Waals surface area contributed by atoms with E-state index in [-0.39, 0.29) is 5.41 Å². The SMILES string of the molecule is C[C@]12CC[C@H](I)CC1=CCC1C2CC[C@]2(C)C(n3cnc4ccccc43)=CCC12. The molecule has 0 radical (unpaired) electrons. The number of benzene rings is 1. The van der Waals surface area contributed by atoms with Crippen molar-refractivity contribution in [3.63, 3.8) is 0 Å². The third-order valence-corrected chi connectivity index (χ3v) is 10.4. The molecular weight excluding hydrogens is 467 g/mol. The minimum atomic E-state index is 0.285. The summed E-state index contributed by atoms with van der Waals surface area (Å²) in [7, 11) is 0. The molecular formula is C26H31IN2. The standard InChI is InChI=1S/C26H31IN2/c1-25-13-11-18(27)15-17(25)7-8-19-20-9-10-24(26(20,2)14-12-21(19)25)29-16-28-22-5-3-4-6-23(22)29/h3-7,10,16,18-21H,8-9,11-15H2,1-2H3/t18-,19?,20?,21?,25-,26-/m0/s1. The minimum Gasteiger partial charge on any atom is -0.302 e. The van der Waals surface area contributed by atoms with Gasteiger partial charge in [-0.15, -0.1) is 0 Å². The molecule has 2 fully saturated rings. The van der Waals surface area contributed by atoms with Crippen molar-refractivity contribution in [1.29, 1.82) is 0 Å². The molecule has 0 aliphatic heterocycles. The zero-order valence-electron chi connectivity index (χ0n) is 17.6. The average Bonchev–Trinajstić information content (AvgIpc) is 3.29. The highest BCUT2D eigenvalue weighted by molar-refractivity contribution is 14.1. The Morgan fingerprint density at radius 3 is 2.72 bits per heavy atom. The van der Waals surface area contributed by atoms with Crippen LogP contribution < -0.4 is 0 Å². The summed E-state index contributed by atoms with van der Waals surface area (Å²) >= 11 is 2.68. The van der Waals surface area contributed by atoms with Crippen molar-refractivity contribution in [2.75, 3.05) is 0 Å². The lowest BCUT2D eigenvalue weighted by molar-refractivity contribution is -0.0104. The summed E-state index contributed by atoms with van der Waals surface area (Å²) in [6.07, 6.45) is 16.7. The first-order chi connectivity index (χ1) is 14.0. The number of nitrogens with zero attached hydrogens (tertiary/aromatic N) is 2. The molecule has 1 heterocycles. The van der Waals surface area contributed by atoms with E-state index in [0.29, 0.717) is 5.41 Å². The smallest absolute Gasteiger partial charge is 0.100 e. The molecule has 0 saturated heterocycles. The van der Waals surface area contributed by atoms with Gasteiger partial charge in [0.2, 0.25) is 0 Å². The minimum absolute atomic E-state index is 0.285. The predicted octanol–water partition coefficient (Wildman–Crippen LogP) is 7.25. The van der Waals surface area contributed by atoms with Crippen molar-refractivity contribution in [2.45, 2.75) is 62.7 Å². The number of para-hydroxylation sites is 2. The Bertz CT molecular complexity index is 1030. The van der Waals surface area contributed by atoms with Crippen LogP contribution in [0, 0.1) is 28.6 Å². The molecule has 0 bridgehead atoms. The Kier molecular flexibility index (Phi) is 4.15. The molecule has 4 aliphatic rings. The van der Waals surface area contributed by atoms with Crippen molar-refractivity contribution in [3.8, 4) is 0 Å². The normalized spacial score (nSPS) is 41.3. The summed E-state index contributed by atoms with van der Waals surface area (Å²) in [6.45, 7) is 5.18. The molecule has 29 heavy (non-hydrogen) atoms. The van der Waals surface area contributed by atoms with E-state index in [1.165, 1.54) is 56.2 Å². The third-order valence-electron chi connectivity index (χ3n) is 9.30. The van der Waals surface area contributed by atoms with Gasteiger partial charge in [-0.1, -0.05) is 66.3 Å². The number of hydrogen-bond donors (Lipinski definition) is 0. The van der Waals surface area contributed by atoms with Gasteiger partial charge >= 0.3 is 0 Å². The van der Waals surface area contributed by atoms with Crippen LogP contribution in [0.15, 0.2) is 48.3 Å². The van der Waals surface area contributed by atoms with Crippen LogP contribution in [0.2, 0.25) is 0 Å². The molecule has 1 aromatic carbocycles. The van der Waals surface area contributed by atoms with Crippen LogP contribution >= 0.6 is 22.6 Å². The van der Waals surface area contributed by atoms with Gasteiger partial charge in [0.25, 0.3) is 0 Å². The quantitative estimate of drug-likeness (QED) is 0.230. The zero-order chi connectivity index (χ0) is 19.8. The van der Waals surface area contributed by atoms with Gasteiger partial charge in [0.15, 0.2) is 0 Å². The topological polar surface area (TPSA) is 17.8 Å². The Balaban J connectivity index is 1.36. The molecule has 2 nitrogen and oxygen atoms in total. The van der Waals surface area contributed by atoms with Gasteiger partial charge in [0, 0.05) is 15.0 Å². The molecule has 4 aliphatic carbocycles. The van der Waals surface area contributed by atoms with E-state index in [0.717, 1.165) is 27.2 Å². The highest BCUT2D eigenvalue weighted by Crippen LogP contribution is 2.66. The lowest BCUT2D eigenvalue weighted by Crippen LogP contribution is -2.49. The second-order valence-electron chi connectivity index (χ2n) is 10.5. The number of fused-ring (bicyclic) bond motifs is 6. The first kappa shape index (κ1) is 18.7. The predicted molar refractivity (Wildman–Crippen MR) is 129 cm³/mol. The van der Waals surface area contributed by atoms with Gasteiger partial charge < -0.3 is 4.57 Å². The van der Waals surface area contributed by atoms with E-state index in [2.05, 4.69) is 83.8 Å². The van der Waals surface area contributed by atoms with E-state index in [4.69, 9.17) is 4.98 Å². The fourth-order valence-corrected chi connectivity index (χ4v) is 8.47. The van der Waals surface area contributed by atoms with Crippen LogP contribution in [0.25, 0.3) is 16.7 Å². The molecule has 1 aromatic heterocycles. The van der Waals surface area contributed by atoms with Crippen molar-refractivity contribution in [3.05, 3.63) is 48.3 Å². The van der Waals surface area contributed by atoms with E-state index < -0.39 is 0 Å². The zero-order valence-corrected chi connectivity index (χ0v) is 19.7. The first-order valence-corrected chi connectivity index (χ1v) is 12.7. The van der Waals surface area contributed by atoms with Crippen LogP contribution in [0.5, 0.6) is 0 Å². The van der Waals surface area contributed by atoms with Crippen molar-refractivity contribution < 1.29 is 0 Å². The number of hydrogen-bond acceptors (Lipinski definition) is 1. The van der Waals surface area contributed by atoms with Crippen molar-refractivity contribution in [1.82, 2.24) is 9.55 Å². The Morgan fingerprint density at radius 1 is 1.00 bits per heavy atom. The summed E-state index contributed by atoms with van der Waals surface area (Å²) in [5, 5.41) is 0. The molecule has 3 heteroatoms. The van der Waals surface area contributed by atoms with Gasteiger partial charge in [-0.2, -0.15) is 0 Å². The Morgan fingerprint density at radius 2 is 1.83 bits per heavy atom. The highest BCUT2D eigenvalue weighted by atomic mass is 127. The third kappa shape index (κ3) is 2.55. The van der Waals surface area contributed by atoms with Gasteiger partial charge in [-0.3, -0.25) is 0 Å². The molecule has 6 atom stereocenters. The maximum absolute atomic E-state index is 4.70. The lowest BCUT2D eigenvalue weighted by atomic mass is 9.48. The monoisotopic (exact) mass is 498 g/mol. The number of imidazole rings is 1. The largest absolute Gasteiger partial charge is 0.302 e. The molecule has 3 unspecified atom stereocenters. The van der Waals surface area contributed by atoms with Crippen molar-refractivity contribution >= 4 is 39.3 Å². The van der Waals surface area contributed by atoms with Crippen LogP contribution in [0.3, 0.4) is 0 Å². The van der Waals surface area contributed by atoms with Crippen LogP contribution in [-0.4, -0.2) is 13.5 Å². The Hall–Kier alpha value is -1.10. The van der Waals surface area contributed by atoms with E-state index in [1.807, 2.05) is 0 Å². The molecule has 2 saturated carbocycles. The summed E-state index contributed by atoms with van der Waals surface area (Å²) in [6, 6.07) is 8.60. The lowest BCUT2D eigenvalue weighted by Gasteiger charge is -2.57. The van der Waals surface area contributed by atoms with E-state index in [1.54, 1.807) is 5.57 Å². The maximum atomic E-state index is 4.70. The van der Waals surface area contributed by atoms with Gasteiger partial charge in [0.1, 0.15) is 6.33 Å². The molecule has 0 spiro atoms. The van der Waals surface area contributed by atoms with Crippen LogP contribution in [0.1, 0.15) is 58.8 Å². The summed E-state index contributed by atoms with van der Waals surface area (Å²) in [5.74, 6) is 2.51. The summed E-state index contributed by atoms with van der Waals surface area (Å²) in [5.41, 5.74) is 6.46. The molecule has 0 N–H and O–H groups in total. The maximum Gasteiger partial charge on any atom is 0.100 e. The number of rotatable bonds is 1. The van der Waals surface area contributed by atoms with Gasteiger partial charge in [-0.25, -0.2) is 4.98 Å². The van der Waals surface area contributed by atoms with Crippen molar-refractivity contribution in [2.24, 2.45) is 28.6 Å². The molecule has 6 rings (SSSR count). The summed E-state index contributed by atoms with van der Waals surface area (Å²) in [4.78, 5) is 4.70. The number of halogens is 1. The first-order valence-electron chi connectivity index (χ1n) is 11.5. The van der Waals surface area contributed by atoms with E-state index >= 15 is 0 Å². The van der Waals surface area contributed by atoms with E-state index in [9.17, 15) is 0 Å². The highest BCUT2D eigenvalue weighted by Gasteiger charge is 2.57. The Labute approximate surface area is 188 Å². The second kappa shape index (κ2) is 6.45. The summed E-state index contributed by atoms with van der Waals surface area (Å²) < 4.78 is 3.26. The number of alkyl halides is 1. The second-order valence-corrected chi connectivity index (χ2v) is 12.2. The van der Waals surface area contributed by atoms with Gasteiger partial charge in [-0.05, 0) is 80.2 Å². The van der Waals surface area contributed by atoms with Gasteiger partial charge in [0.05, 0.1) is 11.0 Å².